The minimum atomic E-state index is 0.608. The predicted molar refractivity (Wildman–Crippen MR) is 71.9 cm³/mol. The van der Waals surface area contributed by atoms with Crippen LogP contribution in [0, 0.1) is 0 Å². The van der Waals surface area contributed by atoms with Crippen LogP contribution in [0.3, 0.4) is 0 Å². The minimum absolute atomic E-state index is 0.608. The van der Waals surface area contributed by atoms with E-state index in [2.05, 4.69) is 27.8 Å². The average molecular weight is 250 g/mol. The number of nitrogens with two attached hydrogens (primary N) is 1. The molecular formula is C12H18N4S. The molecule has 2 aromatic rings. The summed E-state index contributed by atoms with van der Waals surface area (Å²) in [6, 6.07) is 0.608. The minimum Gasteiger partial charge on any atom is -0.352 e. The Bertz CT molecular complexity index is 516. The van der Waals surface area contributed by atoms with Gasteiger partial charge in [0.25, 0.3) is 0 Å². The molecule has 1 atom stereocenters. The molecule has 1 aliphatic rings. The molecule has 0 radical (unpaired) electrons. The molecule has 1 aliphatic heterocycles. The first-order valence-corrected chi connectivity index (χ1v) is 7.10. The number of anilines is 1. The van der Waals surface area contributed by atoms with Crippen LogP contribution in [0.1, 0.15) is 25.5 Å². The molecule has 2 aromatic heterocycles. The largest absolute Gasteiger partial charge is 0.352 e. The molecule has 1 saturated heterocycles. The first-order chi connectivity index (χ1) is 8.31. The van der Waals surface area contributed by atoms with Crippen LogP contribution in [0.2, 0.25) is 0 Å². The third-order valence-corrected chi connectivity index (χ3v) is 4.30. The monoisotopic (exact) mass is 250 g/mol. The predicted octanol–water partition coefficient (Wildman–Crippen LogP) is 1.89. The number of rotatable bonds is 3. The van der Waals surface area contributed by atoms with Gasteiger partial charge in [0.05, 0.1) is 5.69 Å². The number of hydrogen-bond donors (Lipinski definition) is 1. The van der Waals surface area contributed by atoms with E-state index < -0.39 is 0 Å². The molecule has 0 amide bonds. The number of fused-ring (bicyclic) bond motifs is 1. The summed E-state index contributed by atoms with van der Waals surface area (Å²) in [4.78, 5) is 8.30. The highest BCUT2D eigenvalue weighted by atomic mass is 32.1. The highest BCUT2D eigenvalue weighted by molar-refractivity contribution is 7.15. The van der Waals surface area contributed by atoms with Crippen molar-refractivity contribution in [3.63, 3.8) is 0 Å². The van der Waals surface area contributed by atoms with Crippen molar-refractivity contribution in [3.05, 3.63) is 17.3 Å². The second-order valence-corrected chi connectivity index (χ2v) is 5.53. The van der Waals surface area contributed by atoms with Gasteiger partial charge in [-0.1, -0.05) is 0 Å². The lowest BCUT2D eigenvalue weighted by Gasteiger charge is -2.22. The van der Waals surface area contributed by atoms with Crippen molar-refractivity contribution in [2.24, 2.45) is 5.73 Å². The first-order valence-electron chi connectivity index (χ1n) is 6.22. The zero-order valence-corrected chi connectivity index (χ0v) is 10.9. The molecule has 3 heterocycles. The maximum absolute atomic E-state index is 5.73. The third-order valence-electron chi connectivity index (χ3n) is 3.55. The summed E-state index contributed by atoms with van der Waals surface area (Å²) >= 11 is 1.69. The maximum Gasteiger partial charge on any atom is 0.195 e. The molecule has 5 heteroatoms. The van der Waals surface area contributed by atoms with Gasteiger partial charge in [-0.25, -0.2) is 4.98 Å². The summed E-state index contributed by atoms with van der Waals surface area (Å²) in [5, 5.41) is 2.08. The van der Waals surface area contributed by atoms with Gasteiger partial charge in [0.15, 0.2) is 10.8 Å². The Morgan fingerprint density at radius 1 is 1.59 bits per heavy atom. The molecule has 0 spiro atoms. The van der Waals surface area contributed by atoms with Crippen LogP contribution in [0.4, 0.5) is 5.82 Å². The van der Waals surface area contributed by atoms with E-state index in [1.165, 1.54) is 18.5 Å². The average Bonchev–Trinajstić information content (AvgIpc) is 2.96. The maximum atomic E-state index is 5.73. The van der Waals surface area contributed by atoms with Gasteiger partial charge in [0.2, 0.25) is 0 Å². The first kappa shape index (κ1) is 11.0. The fourth-order valence-electron chi connectivity index (χ4n) is 2.67. The lowest BCUT2D eigenvalue weighted by Crippen LogP contribution is -2.28. The van der Waals surface area contributed by atoms with E-state index in [9.17, 15) is 0 Å². The van der Waals surface area contributed by atoms with Crippen LogP contribution in [0.5, 0.6) is 0 Å². The van der Waals surface area contributed by atoms with Crippen molar-refractivity contribution >= 4 is 22.1 Å². The molecule has 0 bridgehead atoms. The Morgan fingerprint density at radius 3 is 3.18 bits per heavy atom. The molecule has 17 heavy (non-hydrogen) atoms. The SMILES string of the molecule is CC1CCCN1c1nc2sccn2c1CCN. The van der Waals surface area contributed by atoms with E-state index in [0.29, 0.717) is 12.6 Å². The Hall–Kier alpha value is -1.07. The van der Waals surface area contributed by atoms with Gasteiger partial charge in [-0.15, -0.1) is 11.3 Å². The van der Waals surface area contributed by atoms with Crippen LogP contribution in [0.25, 0.3) is 4.96 Å². The zero-order valence-electron chi connectivity index (χ0n) is 10.1. The third kappa shape index (κ3) is 1.73. The van der Waals surface area contributed by atoms with Crippen LogP contribution in [-0.2, 0) is 6.42 Å². The normalized spacial score (nSPS) is 20.6. The van der Waals surface area contributed by atoms with Crippen molar-refractivity contribution in [3.8, 4) is 0 Å². The van der Waals surface area contributed by atoms with Crippen molar-refractivity contribution in [1.82, 2.24) is 9.38 Å². The molecule has 0 aromatic carbocycles. The summed E-state index contributed by atoms with van der Waals surface area (Å²) in [6.07, 6.45) is 5.54. The molecule has 1 fully saturated rings. The van der Waals surface area contributed by atoms with Gasteiger partial charge < -0.3 is 10.6 Å². The Balaban J connectivity index is 2.07. The molecule has 2 N–H and O–H groups in total. The second kappa shape index (κ2) is 4.31. The van der Waals surface area contributed by atoms with E-state index in [1.54, 1.807) is 11.3 Å². The lowest BCUT2D eigenvalue weighted by molar-refractivity contribution is 0.723. The van der Waals surface area contributed by atoms with Gasteiger partial charge in [-0.2, -0.15) is 0 Å². The topological polar surface area (TPSA) is 46.6 Å². The fraction of sp³-hybridized carbons (Fsp3) is 0.583. The van der Waals surface area contributed by atoms with Crippen molar-refractivity contribution < 1.29 is 0 Å². The highest BCUT2D eigenvalue weighted by Crippen LogP contribution is 2.30. The van der Waals surface area contributed by atoms with Gasteiger partial charge >= 0.3 is 0 Å². The molecular weight excluding hydrogens is 232 g/mol. The van der Waals surface area contributed by atoms with Gasteiger partial charge in [-0.05, 0) is 26.3 Å². The Labute approximate surface area is 105 Å². The molecule has 92 valence electrons. The fourth-order valence-corrected chi connectivity index (χ4v) is 3.40. The molecule has 0 saturated carbocycles. The van der Waals surface area contributed by atoms with Crippen LogP contribution in [0.15, 0.2) is 11.6 Å². The van der Waals surface area contributed by atoms with E-state index in [0.717, 1.165) is 23.7 Å². The summed E-state index contributed by atoms with van der Waals surface area (Å²) in [5.74, 6) is 1.16. The summed E-state index contributed by atoms with van der Waals surface area (Å²) in [5.41, 5.74) is 7.00. The molecule has 3 rings (SSSR count). The van der Waals surface area contributed by atoms with Gasteiger partial charge in [0, 0.05) is 30.6 Å². The summed E-state index contributed by atoms with van der Waals surface area (Å²) < 4.78 is 2.19. The number of hydrogen-bond acceptors (Lipinski definition) is 4. The molecule has 1 unspecified atom stereocenters. The molecule has 4 nitrogen and oxygen atoms in total. The zero-order chi connectivity index (χ0) is 11.8. The second-order valence-electron chi connectivity index (χ2n) is 4.66. The Kier molecular flexibility index (Phi) is 2.80. The number of thiazole rings is 1. The van der Waals surface area contributed by atoms with Crippen molar-refractivity contribution in [2.75, 3.05) is 18.0 Å². The number of aromatic nitrogens is 2. The molecule has 0 aliphatic carbocycles. The summed E-state index contributed by atoms with van der Waals surface area (Å²) in [6.45, 7) is 4.09. The van der Waals surface area contributed by atoms with Crippen molar-refractivity contribution in [1.29, 1.82) is 0 Å². The number of nitrogens with zero attached hydrogens (tertiary/aromatic N) is 3. The van der Waals surface area contributed by atoms with Crippen LogP contribution < -0.4 is 10.6 Å². The van der Waals surface area contributed by atoms with Crippen molar-refractivity contribution in [2.45, 2.75) is 32.2 Å². The van der Waals surface area contributed by atoms with Crippen LogP contribution in [-0.4, -0.2) is 28.5 Å². The Morgan fingerprint density at radius 2 is 2.47 bits per heavy atom. The highest BCUT2D eigenvalue weighted by Gasteiger charge is 2.26. The standard InChI is InChI=1S/C12H18N4S/c1-9-3-2-6-15(9)11-10(4-5-13)16-7-8-17-12(16)14-11/h7-9H,2-6,13H2,1H3. The summed E-state index contributed by atoms with van der Waals surface area (Å²) in [7, 11) is 0. The quantitative estimate of drug-likeness (QED) is 0.905. The van der Waals surface area contributed by atoms with E-state index >= 15 is 0 Å². The van der Waals surface area contributed by atoms with E-state index in [4.69, 9.17) is 10.7 Å². The van der Waals surface area contributed by atoms with E-state index in [1.807, 2.05) is 0 Å². The van der Waals surface area contributed by atoms with Crippen LogP contribution >= 0.6 is 11.3 Å². The number of imidazole rings is 1. The van der Waals surface area contributed by atoms with E-state index in [-0.39, 0.29) is 0 Å². The lowest BCUT2D eigenvalue weighted by atomic mass is 10.2. The smallest absolute Gasteiger partial charge is 0.195 e. The van der Waals surface area contributed by atoms with Gasteiger partial charge in [0.1, 0.15) is 0 Å². The van der Waals surface area contributed by atoms with Gasteiger partial charge in [-0.3, -0.25) is 4.40 Å².